The van der Waals surface area contributed by atoms with Crippen LogP contribution in [0.2, 0.25) is 0 Å². The van der Waals surface area contributed by atoms with Gasteiger partial charge in [0.1, 0.15) is 11.6 Å². The van der Waals surface area contributed by atoms with Gasteiger partial charge in [-0.05, 0) is 36.8 Å². The molecule has 0 heterocycles. The summed E-state index contributed by atoms with van der Waals surface area (Å²) < 4.78 is 18.7. The second kappa shape index (κ2) is 5.92. The maximum absolute atomic E-state index is 13.4. The largest absolute Gasteiger partial charge is 0.495 e. The quantitative estimate of drug-likeness (QED) is 0.880. The van der Waals surface area contributed by atoms with E-state index in [0.29, 0.717) is 11.3 Å². The molecule has 0 amide bonds. The summed E-state index contributed by atoms with van der Waals surface area (Å²) in [5.74, 6) is 0.340. The first kappa shape index (κ1) is 14.3. The van der Waals surface area contributed by atoms with Crippen LogP contribution in [0, 0.1) is 5.82 Å². The Morgan fingerprint density at radius 3 is 2.60 bits per heavy atom. The fourth-order valence-corrected chi connectivity index (χ4v) is 2.08. The number of methoxy groups -OCH3 is 1. The Bertz CT molecular complexity index is 588. The molecule has 0 aromatic heterocycles. The topological polar surface area (TPSA) is 41.5 Å². The Labute approximate surface area is 118 Å². The van der Waals surface area contributed by atoms with E-state index in [2.05, 4.69) is 5.32 Å². The van der Waals surface area contributed by atoms with Gasteiger partial charge in [0.05, 0.1) is 24.9 Å². The first-order valence-corrected chi connectivity index (χ1v) is 6.37. The van der Waals surface area contributed by atoms with Crippen molar-refractivity contribution in [1.82, 2.24) is 0 Å². The van der Waals surface area contributed by atoms with E-state index in [1.54, 1.807) is 19.2 Å². The van der Waals surface area contributed by atoms with Gasteiger partial charge in [0.25, 0.3) is 0 Å². The number of aliphatic hydroxyl groups excluding tert-OH is 1. The molecule has 20 heavy (non-hydrogen) atoms. The molecule has 0 spiro atoms. The maximum atomic E-state index is 13.4. The van der Waals surface area contributed by atoms with Crippen LogP contribution in [0.15, 0.2) is 48.5 Å². The molecule has 0 aliphatic rings. The zero-order valence-corrected chi connectivity index (χ0v) is 11.6. The van der Waals surface area contributed by atoms with Crippen molar-refractivity contribution in [2.75, 3.05) is 19.0 Å². The van der Waals surface area contributed by atoms with Gasteiger partial charge >= 0.3 is 0 Å². The van der Waals surface area contributed by atoms with E-state index in [4.69, 9.17) is 4.74 Å². The van der Waals surface area contributed by atoms with Crippen LogP contribution in [0.4, 0.5) is 10.1 Å². The highest BCUT2D eigenvalue weighted by Gasteiger charge is 2.27. The highest BCUT2D eigenvalue weighted by molar-refractivity contribution is 5.58. The van der Waals surface area contributed by atoms with Gasteiger partial charge in [0, 0.05) is 0 Å². The minimum atomic E-state index is -0.795. The molecule has 2 aromatic carbocycles. The van der Waals surface area contributed by atoms with Crippen LogP contribution < -0.4 is 10.1 Å². The van der Waals surface area contributed by atoms with E-state index in [9.17, 15) is 9.50 Å². The van der Waals surface area contributed by atoms with Crippen molar-refractivity contribution in [3.63, 3.8) is 0 Å². The highest BCUT2D eigenvalue weighted by atomic mass is 19.1. The van der Waals surface area contributed by atoms with Crippen LogP contribution in [-0.2, 0) is 5.54 Å². The Balaban J connectivity index is 2.36. The summed E-state index contributed by atoms with van der Waals surface area (Å²) in [6.07, 6.45) is 0. The van der Waals surface area contributed by atoms with Crippen LogP contribution in [0.3, 0.4) is 0 Å². The maximum Gasteiger partial charge on any atom is 0.141 e. The van der Waals surface area contributed by atoms with Crippen molar-refractivity contribution in [2.45, 2.75) is 12.5 Å². The van der Waals surface area contributed by atoms with Gasteiger partial charge < -0.3 is 15.2 Å². The third-order valence-electron chi connectivity index (χ3n) is 3.30. The zero-order chi connectivity index (χ0) is 14.6. The monoisotopic (exact) mass is 275 g/mol. The summed E-state index contributed by atoms with van der Waals surface area (Å²) in [5.41, 5.74) is 0.623. The van der Waals surface area contributed by atoms with E-state index < -0.39 is 5.54 Å². The SMILES string of the molecule is COc1ccccc1NC(C)(CO)c1cccc(F)c1. The molecule has 106 valence electrons. The number of hydrogen-bond acceptors (Lipinski definition) is 3. The van der Waals surface area contributed by atoms with E-state index in [-0.39, 0.29) is 12.4 Å². The molecular formula is C16H18FNO2. The number of halogens is 1. The standard InChI is InChI=1S/C16H18FNO2/c1-16(11-19,12-6-5-7-13(17)10-12)18-14-8-3-4-9-15(14)20-2/h3-10,18-19H,11H2,1-2H3. The molecule has 0 saturated heterocycles. The average molecular weight is 275 g/mol. The normalized spacial score (nSPS) is 13.6. The Kier molecular flexibility index (Phi) is 4.25. The average Bonchev–Trinajstić information content (AvgIpc) is 2.47. The van der Waals surface area contributed by atoms with Crippen molar-refractivity contribution in [1.29, 1.82) is 0 Å². The van der Waals surface area contributed by atoms with Gasteiger partial charge in [-0.15, -0.1) is 0 Å². The van der Waals surface area contributed by atoms with Crippen LogP contribution in [0.25, 0.3) is 0 Å². The van der Waals surface area contributed by atoms with Crippen molar-refractivity contribution >= 4 is 5.69 Å². The van der Waals surface area contributed by atoms with E-state index in [1.807, 2.05) is 31.2 Å². The van der Waals surface area contributed by atoms with E-state index in [1.165, 1.54) is 12.1 Å². The highest BCUT2D eigenvalue weighted by Crippen LogP contribution is 2.31. The Hall–Kier alpha value is -2.07. The molecule has 2 rings (SSSR count). The molecule has 2 N–H and O–H groups in total. The minimum Gasteiger partial charge on any atom is -0.495 e. The Morgan fingerprint density at radius 2 is 1.95 bits per heavy atom. The molecule has 0 fully saturated rings. The Morgan fingerprint density at radius 1 is 1.20 bits per heavy atom. The third kappa shape index (κ3) is 2.91. The zero-order valence-electron chi connectivity index (χ0n) is 11.6. The van der Waals surface area contributed by atoms with Crippen LogP contribution in [0.1, 0.15) is 12.5 Å². The number of aliphatic hydroxyl groups is 1. The van der Waals surface area contributed by atoms with Crippen LogP contribution >= 0.6 is 0 Å². The summed E-state index contributed by atoms with van der Waals surface area (Å²) in [7, 11) is 1.58. The number of anilines is 1. The van der Waals surface area contributed by atoms with Crippen molar-refractivity contribution in [3.05, 3.63) is 59.9 Å². The number of benzene rings is 2. The summed E-state index contributed by atoms with van der Waals surface area (Å²) in [6.45, 7) is 1.64. The lowest BCUT2D eigenvalue weighted by Gasteiger charge is -2.31. The molecule has 0 saturated carbocycles. The number of ether oxygens (including phenoxy) is 1. The minimum absolute atomic E-state index is 0.172. The molecule has 0 aliphatic carbocycles. The summed E-state index contributed by atoms with van der Waals surface area (Å²) in [5, 5.41) is 13.0. The molecule has 2 aromatic rings. The molecule has 0 aliphatic heterocycles. The fraction of sp³-hybridized carbons (Fsp3) is 0.250. The first-order valence-electron chi connectivity index (χ1n) is 6.37. The molecule has 1 atom stereocenters. The second-order valence-corrected chi connectivity index (χ2v) is 4.83. The lowest BCUT2D eigenvalue weighted by Crippen LogP contribution is -2.36. The molecule has 3 nitrogen and oxygen atoms in total. The van der Waals surface area contributed by atoms with E-state index >= 15 is 0 Å². The smallest absolute Gasteiger partial charge is 0.141 e. The number of nitrogens with one attached hydrogen (secondary N) is 1. The number of rotatable bonds is 5. The van der Waals surface area contributed by atoms with E-state index in [0.717, 1.165) is 5.69 Å². The van der Waals surface area contributed by atoms with Crippen LogP contribution in [0.5, 0.6) is 5.75 Å². The van der Waals surface area contributed by atoms with Gasteiger partial charge in [-0.2, -0.15) is 0 Å². The van der Waals surface area contributed by atoms with Gasteiger partial charge in [0.2, 0.25) is 0 Å². The van der Waals surface area contributed by atoms with Crippen molar-refractivity contribution in [3.8, 4) is 5.75 Å². The summed E-state index contributed by atoms with van der Waals surface area (Å²) in [6, 6.07) is 13.6. The molecule has 0 bridgehead atoms. The van der Waals surface area contributed by atoms with Gasteiger partial charge in [0.15, 0.2) is 0 Å². The lowest BCUT2D eigenvalue weighted by atomic mass is 9.92. The van der Waals surface area contributed by atoms with Gasteiger partial charge in [-0.3, -0.25) is 0 Å². The van der Waals surface area contributed by atoms with Crippen molar-refractivity contribution < 1.29 is 14.2 Å². The van der Waals surface area contributed by atoms with Crippen molar-refractivity contribution in [2.24, 2.45) is 0 Å². The third-order valence-corrected chi connectivity index (χ3v) is 3.30. The van der Waals surface area contributed by atoms with Gasteiger partial charge in [-0.25, -0.2) is 4.39 Å². The van der Waals surface area contributed by atoms with Gasteiger partial charge in [-0.1, -0.05) is 24.3 Å². The molecule has 1 unspecified atom stereocenters. The predicted molar refractivity (Wildman–Crippen MR) is 77.5 cm³/mol. The molecule has 0 radical (unpaired) electrons. The summed E-state index contributed by atoms with van der Waals surface area (Å²) in [4.78, 5) is 0. The number of hydrogen-bond donors (Lipinski definition) is 2. The van der Waals surface area contributed by atoms with Crippen LogP contribution in [-0.4, -0.2) is 18.8 Å². The lowest BCUT2D eigenvalue weighted by molar-refractivity contribution is 0.223. The molecular weight excluding hydrogens is 257 g/mol. The fourth-order valence-electron chi connectivity index (χ4n) is 2.08. The summed E-state index contributed by atoms with van der Waals surface area (Å²) >= 11 is 0. The predicted octanol–water partition coefficient (Wildman–Crippen LogP) is 3.15. The number of para-hydroxylation sites is 2. The first-order chi connectivity index (χ1) is 9.59. The second-order valence-electron chi connectivity index (χ2n) is 4.83. The molecule has 4 heteroatoms.